The summed E-state index contributed by atoms with van der Waals surface area (Å²) in [5, 5.41) is 0. The molecule has 0 radical (unpaired) electrons. The zero-order valence-electron chi connectivity index (χ0n) is 12.3. The highest BCUT2D eigenvalue weighted by Crippen LogP contribution is 2.07. The molecule has 0 saturated heterocycles. The van der Waals surface area contributed by atoms with Gasteiger partial charge >= 0.3 is 0 Å². The smallest absolute Gasteiger partial charge is 0.293 e. The van der Waals surface area contributed by atoms with E-state index in [1.165, 1.54) is 18.3 Å². The topological polar surface area (TPSA) is 31.2 Å². The van der Waals surface area contributed by atoms with E-state index in [0.29, 0.717) is 12.3 Å². The third-order valence-corrected chi connectivity index (χ3v) is 2.93. The zero-order valence-corrected chi connectivity index (χ0v) is 12.3. The van der Waals surface area contributed by atoms with Gasteiger partial charge in [0.2, 0.25) is 0 Å². The molecule has 1 aromatic heterocycles. The van der Waals surface area contributed by atoms with E-state index in [4.69, 9.17) is 4.74 Å². The lowest BCUT2D eigenvalue weighted by atomic mass is 10.1. The van der Waals surface area contributed by atoms with Gasteiger partial charge in [-0.1, -0.05) is 23.3 Å². The van der Waals surface area contributed by atoms with Crippen molar-refractivity contribution in [1.82, 2.24) is 4.57 Å². The molecule has 1 aromatic rings. The van der Waals surface area contributed by atoms with Crippen LogP contribution in [0.2, 0.25) is 0 Å². The fourth-order valence-electron chi connectivity index (χ4n) is 1.76. The molecule has 0 saturated carbocycles. The van der Waals surface area contributed by atoms with Gasteiger partial charge in [0.15, 0.2) is 5.75 Å². The highest BCUT2D eigenvalue weighted by molar-refractivity contribution is 5.17. The van der Waals surface area contributed by atoms with Gasteiger partial charge in [0, 0.05) is 12.7 Å². The molecule has 0 aliphatic carbocycles. The summed E-state index contributed by atoms with van der Waals surface area (Å²) in [6.45, 7) is 6.91. The summed E-state index contributed by atoms with van der Waals surface area (Å²) in [6.07, 6.45) is 8.20. The fourth-order valence-corrected chi connectivity index (χ4v) is 1.76. The lowest BCUT2D eigenvalue weighted by Crippen LogP contribution is -2.19. The van der Waals surface area contributed by atoms with E-state index in [-0.39, 0.29) is 5.56 Å². The van der Waals surface area contributed by atoms with Crippen molar-refractivity contribution in [2.45, 2.75) is 40.2 Å². The number of ether oxygens (including phenoxy) is 1. The molecule has 3 heteroatoms. The molecule has 104 valence electrons. The summed E-state index contributed by atoms with van der Waals surface area (Å²) in [7, 11) is 1.52. The Kier molecular flexibility index (Phi) is 6.13. The zero-order chi connectivity index (χ0) is 14.3. The number of allylic oxidation sites excluding steroid dienone is 4. The number of pyridine rings is 1. The minimum absolute atomic E-state index is 0.0849. The number of methoxy groups -OCH3 is 1. The second-order valence-electron chi connectivity index (χ2n) is 4.90. The van der Waals surface area contributed by atoms with Crippen molar-refractivity contribution < 1.29 is 4.74 Å². The lowest BCUT2D eigenvalue weighted by Gasteiger charge is -2.05. The molecule has 19 heavy (non-hydrogen) atoms. The first kappa shape index (κ1) is 15.3. The average Bonchev–Trinajstić information content (AvgIpc) is 2.37. The van der Waals surface area contributed by atoms with E-state index in [0.717, 1.165) is 12.8 Å². The average molecular weight is 261 g/mol. The predicted molar refractivity (Wildman–Crippen MR) is 79.7 cm³/mol. The van der Waals surface area contributed by atoms with Crippen molar-refractivity contribution >= 4 is 0 Å². The molecule has 0 fully saturated rings. The van der Waals surface area contributed by atoms with Crippen molar-refractivity contribution in [3.05, 3.63) is 52.0 Å². The Balaban J connectivity index is 2.65. The normalized spacial score (nSPS) is 11.3. The maximum Gasteiger partial charge on any atom is 0.293 e. The second-order valence-corrected chi connectivity index (χ2v) is 4.90. The van der Waals surface area contributed by atoms with E-state index in [1.54, 1.807) is 16.8 Å². The highest BCUT2D eigenvalue weighted by Gasteiger charge is 2.00. The van der Waals surface area contributed by atoms with Gasteiger partial charge in [0.25, 0.3) is 5.56 Å². The maximum absolute atomic E-state index is 11.9. The van der Waals surface area contributed by atoms with Gasteiger partial charge in [-0.2, -0.15) is 0 Å². The summed E-state index contributed by atoms with van der Waals surface area (Å²) in [4.78, 5) is 11.9. The Morgan fingerprint density at radius 3 is 2.68 bits per heavy atom. The quantitative estimate of drug-likeness (QED) is 0.733. The largest absolute Gasteiger partial charge is 0.491 e. The van der Waals surface area contributed by atoms with Crippen LogP contribution in [0.25, 0.3) is 0 Å². The number of hydrogen-bond donors (Lipinski definition) is 0. The molecule has 0 aromatic carbocycles. The van der Waals surface area contributed by atoms with Crippen LogP contribution in [0.5, 0.6) is 5.75 Å². The van der Waals surface area contributed by atoms with Crippen molar-refractivity contribution in [2.75, 3.05) is 7.11 Å². The molecule has 0 aliphatic heterocycles. The van der Waals surface area contributed by atoms with Crippen molar-refractivity contribution in [1.29, 1.82) is 0 Å². The van der Waals surface area contributed by atoms with Crippen LogP contribution in [-0.4, -0.2) is 11.7 Å². The highest BCUT2D eigenvalue weighted by atomic mass is 16.5. The summed E-state index contributed by atoms with van der Waals surface area (Å²) in [6, 6.07) is 3.51. The third-order valence-electron chi connectivity index (χ3n) is 2.93. The number of hydrogen-bond acceptors (Lipinski definition) is 2. The number of aromatic nitrogens is 1. The lowest BCUT2D eigenvalue weighted by molar-refractivity contribution is 0.404. The van der Waals surface area contributed by atoms with E-state index in [9.17, 15) is 4.79 Å². The minimum atomic E-state index is -0.0849. The van der Waals surface area contributed by atoms with Crippen LogP contribution >= 0.6 is 0 Å². The van der Waals surface area contributed by atoms with Crippen LogP contribution < -0.4 is 10.3 Å². The van der Waals surface area contributed by atoms with Crippen LogP contribution in [0.1, 0.15) is 33.6 Å². The van der Waals surface area contributed by atoms with Crippen LogP contribution in [-0.2, 0) is 6.54 Å². The molecular formula is C16H23NO2. The molecule has 0 amide bonds. The molecule has 1 heterocycles. The van der Waals surface area contributed by atoms with Gasteiger partial charge in [-0.25, -0.2) is 0 Å². The van der Waals surface area contributed by atoms with Gasteiger partial charge in [-0.05, 0) is 45.7 Å². The second kappa shape index (κ2) is 7.62. The van der Waals surface area contributed by atoms with Gasteiger partial charge in [-0.3, -0.25) is 4.79 Å². The molecule has 0 aliphatic rings. The Morgan fingerprint density at radius 2 is 2.05 bits per heavy atom. The van der Waals surface area contributed by atoms with Gasteiger partial charge < -0.3 is 9.30 Å². The Morgan fingerprint density at radius 1 is 1.32 bits per heavy atom. The fraction of sp³-hybridized carbons (Fsp3) is 0.438. The standard InChI is InChI=1S/C16H23NO2/c1-13(2)7-5-8-14(3)10-12-17-11-6-9-15(19-4)16(17)18/h6-7,9-11H,5,8,12H2,1-4H3. The SMILES string of the molecule is COc1cccn(CC=C(C)CCC=C(C)C)c1=O. The summed E-state index contributed by atoms with van der Waals surface area (Å²) in [5.41, 5.74) is 2.56. The van der Waals surface area contributed by atoms with Crippen LogP contribution in [0.4, 0.5) is 0 Å². The van der Waals surface area contributed by atoms with Gasteiger partial charge in [0.1, 0.15) is 0 Å². The van der Waals surface area contributed by atoms with Crippen LogP contribution in [0, 0.1) is 0 Å². The summed E-state index contributed by atoms with van der Waals surface area (Å²) in [5.74, 6) is 0.387. The van der Waals surface area contributed by atoms with E-state index < -0.39 is 0 Å². The molecule has 1 rings (SSSR count). The van der Waals surface area contributed by atoms with Crippen molar-refractivity contribution in [3.8, 4) is 5.75 Å². The van der Waals surface area contributed by atoms with Crippen LogP contribution in [0.3, 0.4) is 0 Å². The monoisotopic (exact) mass is 261 g/mol. The molecule has 0 spiro atoms. The first-order valence-corrected chi connectivity index (χ1v) is 6.57. The van der Waals surface area contributed by atoms with Gasteiger partial charge in [-0.15, -0.1) is 0 Å². The van der Waals surface area contributed by atoms with Gasteiger partial charge in [0.05, 0.1) is 7.11 Å². The summed E-state index contributed by atoms with van der Waals surface area (Å²) >= 11 is 0. The molecule has 0 bridgehead atoms. The molecule has 0 unspecified atom stereocenters. The molecule has 0 N–H and O–H groups in total. The van der Waals surface area contributed by atoms with Crippen LogP contribution in [0.15, 0.2) is 46.4 Å². The third kappa shape index (κ3) is 5.16. The Hall–Kier alpha value is -1.77. The number of rotatable bonds is 6. The summed E-state index contributed by atoms with van der Waals surface area (Å²) < 4.78 is 6.68. The Labute approximate surface area is 115 Å². The van der Waals surface area contributed by atoms with E-state index in [2.05, 4.69) is 32.9 Å². The first-order valence-electron chi connectivity index (χ1n) is 6.57. The number of nitrogens with zero attached hydrogens (tertiary/aromatic N) is 1. The van der Waals surface area contributed by atoms with E-state index in [1.807, 2.05) is 6.07 Å². The molecule has 3 nitrogen and oxygen atoms in total. The first-order chi connectivity index (χ1) is 9.04. The Bertz CT molecular complexity index is 520. The molecular weight excluding hydrogens is 238 g/mol. The maximum atomic E-state index is 11.9. The van der Waals surface area contributed by atoms with Crippen molar-refractivity contribution in [2.24, 2.45) is 0 Å². The van der Waals surface area contributed by atoms with E-state index >= 15 is 0 Å². The minimum Gasteiger partial charge on any atom is -0.491 e. The predicted octanol–water partition coefficient (Wildman–Crippen LogP) is 3.55. The molecule has 0 atom stereocenters. The van der Waals surface area contributed by atoms with Crippen molar-refractivity contribution in [3.63, 3.8) is 0 Å².